The third-order valence-electron chi connectivity index (χ3n) is 14.7. The van der Waals surface area contributed by atoms with Crippen molar-refractivity contribution in [1.29, 1.82) is 0 Å². The molecule has 4 bridgehead atoms. The second-order valence-corrected chi connectivity index (χ2v) is 17.3. The number of esters is 1. The van der Waals surface area contributed by atoms with E-state index in [4.69, 9.17) is 33.8 Å². The maximum Gasteiger partial charge on any atom is 0.302 e. The highest BCUT2D eigenvalue weighted by molar-refractivity contribution is 5.66. The minimum Gasteiger partial charge on any atom is -0.460 e. The molecule has 2 spiro atoms. The molecule has 6 saturated heterocycles. The Morgan fingerprint density at radius 3 is 1.77 bits per heavy atom. The summed E-state index contributed by atoms with van der Waals surface area (Å²) in [5.41, 5.74) is -1.48. The van der Waals surface area contributed by atoms with Gasteiger partial charge in [-0.3, -0.25) is 4.79 Å². The molecule has 6 aliphatic heterocycles. The molecular weight excluding hydrogens is 560 g/mol. The van der Waals surface area contributed by atoms with Gasteiger partial charge in [0, 0.05) is 26.2 Å². The Morgan fingerprint density at radius 2 is 1.23 bits per heavy atom. The number of ether oxygens (including phenoxy) is 3. The van der Waals surface area contributed by atoms with Gasteiger partial charge in [0.05, 0.1) is 24.4 Å². The van der Waals surface area contributed by atoms with Crippen molar-refractivity contribution in [2.45, 2.75) is 172 Å². The number of hydrogen-bond acceptors (Lipinski definition) is 8. The van der Waals surface area contributed by atoms with Crippen LogP contribution in [0.1, 0.15) is 119 Å². The first kappa shape index (κ1) is 30.6. The fraction of sp³-hybridized carbons (Fsp3) is 0.972. The predicted molar refractivity (Wildman–Crippen MR) is 161 cm³/mol. The Balaban J connectivity index is 1.10. The first-order valence-electron chi connectivity index (χ1n) is 18.1. The summed E-state index contributed by atoms with van der Waals surface area (Å²) in [4.78, 5) is 38.3. The van der Waals surface area contributed by atoms with Gasteiger partial charge in [0.25, 0.3) is 0 Å². The summed E-state index contributed by atoms with van der Waals surface area (Å²) < 4.78 is 20.7. The Hall–Kier alpha value is -0.770. The molecule has 44 heavy (non-hydrogen) atoms. The molecule has 8 heteroatoms. The van der Waals surface area contributed by atoms with E-state index in [1.807, 2.05) is 0 Å². The van der Waals surface area contributed by atoms with Gasteiger partial charge >= 0.3 is 5.97 Å². The molecule has 0 N–H and O–H groups in total. The third-order valence-corrected chi connectivity index (χ3v) is 14.7. The fourth-order valence-electron chi connectivity index (χ4n) is 12.4. The van der Waals surface area contributed by atoms with Gasteiger partial charge in [-0.1, -0.05) is 27.7 Å². The zero-order chi connectivity index (χ0) is 30.8. The van der Waals surface area contributed by atoms with E-state index in [0.29, 0.717) is 41.9 Å². The summed E-state index contributed by atoms with van der Waals surface area (Å²) in [6.07, 6.45) is 10.4. The van der Waals surface area contributed by atoms with Crippen molar-refractivity contribution in [1.82, 2.24) is 0 Å². The molecule has 0 aromatic carbocycles. The van der Waals surface area contributed by atoms with Crippen LogP contribution in [0.15, 0.2) is 0 Å². The molecule has 10 fully saturated rings. The van der Waals surface area contributed by atoms with Crippen molar-refractivity contribution in [3.05, 3.63) is 0 Å². The first-order chi connectivity index (χ1) is 20.9. The van der Waals surface area contributed by atoms with Crippen molar-refractivity contribution >= 4 is 5.97 Å². The highest BCUT2D eigenvalue weighted by atomic mass is 17.2. The van der Waals surface area contributed by atoms with E-state index < -0.39 is 5.60 Å². The van der Waals surface area contributed by atoms with E-state index in [2.05, 4.69) is 41.5 Å². The number of carbonyl (C=O) groups is 1. The quantitative estimate of drug-likeness (QED) is 0.254. The topological polar surface area (TPSA) is 81.7 Å². The normalized spacial score (nSPS) is 58.2. The van der Waals surface area contributed by atoms with Gasteiger partial charge in [-0.15, -0.1) is 0 Å². The van der Waals surface area contributed by atoms with Gasteiger partial charge in [-0.2, -0.15) is 0 Å². The summed E-state index contributed by atoms with van der Waals surface area (Å²) in [6.45, 7) is 15.3. The van der Waals surface area contributed by atoms with E-state index in [0.717, 1.165) is 51.4 Å². The van der Waals surface area contributed by atoms with E-state index in [1.165, 1.54) is 19.8 Å². The van der Waals surface area contributed by atoms with Crippen molar-refractivity contribution in [3.63, 3.8) is 0 Å². The molecule has 248 valence electrons. The average Bonchev–Trinajstić information content (AvgIpc) is 3.34. The molecule has 6 heterocycles. The molecule has 10 aliphatic rings. The Morgan fingerprint density at radius 1 is 0.705 bits per heavy atom. The van der Waals surface area contributed by atoms with E-state index in [-0.39, 0.29) is 65.1 Å². The van der Waals surface area contributed by atoms with Crippen LogP contribution in [-0.4, -0.2) is 58.9 Å². The molecule has 0 amide bonds. The predicted octanol–water partition coefficient (Wildman–Crippen LogP) is 6.73. The van der Waals surface area contributed by atoms with Gasteiger partial charge in [0.1, 0.15) is 28.5 Å². The number of fused-ring (bicyclic) bond motifs is 4. The number of carbonyl (C=O) groups excluding carboxylic acids is 1. The lowest BCUT2D eigenvalue weighted by Crippen LogP contribution is -2.71. The maximum absolute atomic E-state index is 12.7. The smallest absolute Gasteiger partial charge is 0.302 e. The van der Waals surface area contributed by atoms with Crippen LogP contribution < -0.4 is 0 Å². The summed E-state index contributed by atoms with van der Waals surface area (Å²) in [5, 5.41) is 0. The first-order valence-corrected chi connectivity index (χ1v) is 18.1. The SMILES string of the molecule is CC(=O)O[C@@H](C[C@H]1O[C@@H]2C[C@]3(C)CC[C@H]4[C@H](C)CC[C@@H]([C@H]1C)[C@@]24OO3)C1O[C@@H]2C[C@]3(C)CC[C@H]4[C@H](C)CC[C@@H]([C@H]1C)[C@@]24OO3. The second-order valence-electron chi connectivity index (χ2n) is 17.3. The highest BCUT2D eigenvalue weighted by Crippen LogP contribution is 2.64. The molecule has 17 atom stereocenters. The Bertz CT molecular complexity index is 1150. The summed E-state index contributed by atoms with van der Waals surface area (Å²) >= 11 is 0. The zero-order valence-electron chi connectivity index (χ0n) is 28.0. The van der Waals surface area contributed by atoms with Crippen LogP contribution >= 0.6 is 0 Å². The molecule has 1 unspecified atom stereocenters. The van der Waals surface area contributed by atoms with Gasteiger partial charge in [0.15, 0.2) is 0 Å². The summed E-state index contributed by atoms with van der Waals surface area (Å²) in [5.74, 6) is 2.83. The molecule has 0 aromatic heterocycles. The molecule has 0 aromatic rings. The van der Waals surface area contributed by atoms with Crippen molar-refractivity contribution in [3.8, 4) is 0 Å². The minimum atomic E-state index is -0.425. The zero-order valence-corrected chi connectivity index (χ0v) is 28.0. The molecule has 0 radical (unpaired) electrons. The summed E-state index contributed by atoms with van der Waals surface area (Å²) in [6, 6.07) is 0. The van der Waals surface area contributed by atoms with Crippen molar-refractivity contribution in [2.75, 3.05) is 0 Å². The number of rotatable bonds is 4. The van der Waals surface area contributed by atoms with Crippen LogP contribution in [-0.2, 0) is 38.6 Å². The van der Waals surface area contributed by atoms with E-state index >= 15 is 0 Å². The number of hydrogen-bond donors (Lipinski definition) is 0. The molecule has 4 saturated carbocycles. The third kappa shape index (κ3) is 4.25. The van der Waals surface area contributed by atoms with Crippen molar-refractivity contribution in [2.24, 2.45) is 47.3 Å². The van der Waals surface area contributed by atoms with Crippen molar-refractivity contribution < 1.29 is 38.6 Å². The molecular formula is C36H56O8. The summed E-state index contributed by atoms with van der Waals surface area (Å²) in [7, 11) is 0. The van der Waals surface area contributed by atoms with Gasteiger partial charge in [-0.25, -0.2) is 19.6 Å². The second kappa shape index (κ2) is 10.4. The van der Waals surface area contributed by atoms with Crippen LogP contribution in [0.3, 0.4) is 0 Å². The van der Waals surface area contributed by atoms with E-state index in [1.54, 1.807) is 0 Å². The molecule has 10 rings (SSSR count). The van der Waals surface area contributed by atoms with Crippen LogP contribution in [0.4, 0.5) is 0 Å². The lowest BCUT2D eigenvalue weighted by Gasteiger charge is -2.62. The van der Waals surface area contributed by atoms with Crippen LogP contribution in [0, 0.1) is 47.3 Å². The average molecular weight is 617 g/mol. The molecule has 8 nitrogen and oxygen atoms in total. The lowest BCUT2D eigenvalue weighted by atomic mass is 9.55. The van der Waals surface area contributed by atoms with Gasteiger partial charge < -0.3 is 14.2 Å². The Labute approximate surface area is 263 Å². The standard InChI is InChI=1S/C36H56O8/c1-19-8-10-26-21(3)28(39-30-17-33(6)14-12-24(19)35(26,30)43-41-33)16-29(38-23(5)37)32-22(4)27-11-9-20(2)25-13-15-34(7)18-31(40-32)36(25,27)44-42-34/h19-22,24-32H,8-18H2,1-7H3/t19-,20-,21-,22-,24+,25+,26+,27+,28-,29+,30-,31-,32?,33+,34+,35-,36-/m1/s1. The minimum absolute atomic E-state index is 0.0164. The highest BCUT2D eigenvalue weighted by Gasteiger charge is 2.70. The molecule has 4 aliphatic carbocycles. The monoisotopic (exact) mass is 616 g/mol. The van der Waals surface area contributed by atoms with Crippen LogP contribution in [0.25, 0.3) is 0 Å². The largest absolute Gasteiger partial charge is 0.460 e. The van der Waals surface area contributed by atoms with Crippen LogP contribution in [0.2, 0.25) is 0 Å². The van der Waals surface area contributed by atoms with Gasteiger partial charge in [0.2, 0.25) is 0 Å². The lowest BCUT2D eigenvalue weighted by molar-refractivity contribution is -0.491. The van der Waals surface area contributed by atoms with E-state index in [9.17, 15) is 4.79 Å². The maximum atomic E-state index is 12.7. The van der Waals surface area contributed by atoms with Gasteiger partial charge in [-0.05, 0) is 113 Å². The fourth-order valence-corrected chi connectivity index (χ4v) is 12.4. The van der Waals surface area contributed by atoms with Crippen LogP contribution in [0.5, 0.6) is 0 Å². The Kier molecular flexibility index (Phi) is 7.20.